The number of fused-ring (bicyclic) bond motifs is 1. The zero-order valence-electron chi connectivity index (χ0n) is 15.4. The lowest BCUT2D eigenvalue weighted by Crippen LogP contribution is -2.09. The van der Waals surface area contributed by atoms with E-state index in [9.17, 15) is 14.7 Å². The fraction of sp³-hybridized carbons (Fsp3) is 0.227. The molecule has 1 heterocycles. The molecule has 1 N–H and O–H groups in total. The summed E-state index contributed by atoms with van der Waals surface area (Å²) in [5, 5.41) is 12.2. The van der Waals surface area contributed by atoms with E-state index in [0.717, 1.165) is 21.9 Å². The molecule has 0 unspecified atom stereocenters. The third-order valence-corrected chi connectivity index (χ3v) is 4.42. The zero-order valence-corrected chi connectivity index (χ0v) is 15.4. The second-order valence-electron chi connectivity index (χ2n) is 6.27. The van der Waals surface area contributed by atoms with Gasteiger partial charge in [0.2, 0.25) is 0 Å². The summed E-state index contributed by atoms with van der Waals surface area (Å²) in [6.45, 7) is 4.02. The van der Waals surface area contributed by atoms with E-state index >= 15 is 0 Å². The molecule has 27 heavy (non-hydrogen) atoms. The molecular formula is C22H21NO4. The Morgan fingerprint density at radius 1 is 1.00 bits per heavy atom. The van der Waals surface area contributed by atoms with E-state index in [4.69, 9.17) is 4.74 Å². The number of aromatic hydroxyl groups is 1. The highest BCUT2D eigenvalue weighted by Crippen LogP contribution is 2.31. The summed E-state index contributed by atoms with van der Waals surface area (Å²) in [5.41, 5.74) is 2.61. The summed E-state index contributed by atoms with van der Waals surface area (Å²) in [6.07, 6.45) is -0.0943. The maximum Gasteiger partial charge on any atom is 0.306 e. The number of ether oxygens (including phenoxy) is 1. The van der Waals surface area contributed by atoms with Gasteiger partial charge < -0.3 is 9.84 Å². The molecule has 1 aromatic heterocycles. The molecule has 0 saturated carbocycles. The van der Waals surface area contributed by atoms with Crippen molar-refractivity contribution in [1.82, 2.24) is 4.98 Å². The van der Waals surface area contributed by atoms with E-state index in [1.54, 1.807) is 13.0 Å². The standard InChI is InChI=1S/C22H21NO4/c1-3-27-21(26)13-12-20(25)22-19(24)11-10-18(23-22)17-9-8-14(2)15-6-4-5-7-16(15)17/h4-11,24H,3,12-13H2,1-2H3. The maximum atomic E-state index is 12.4. The van der Waals surface area contributed by atoms with Gasteiger partial charge in [-0.05, 0) is 42.3 Å². The fourth-order valence-corrected chi connectivity index (χ4v) is 3.05. The number of pyridine rings is 1. The Labute approximate surface area is 157 Å². The summed E-state index contributed by atoms with van der Waals surface area (Å²) in [4.78, 5) is 28.3. The van der Waals surface area contributed by atoms with Crippen LogP contribution in [-0.2, 0) is 9.53 Å². The van der Waals surface area contributed by atoms with Crippen LogP contribution in [0.3, 0.4) is 0 Å². The lowest BCUT2D eigenvalue weighted by Gasteiger charge is -2.10. The van der Waals surface area contributed by atoms with Gasteiger partial charge in [-0.25, -0.2) is 4.98 Å². The number of aryl methyl sites for hydroxylation is 1. The average molecular weight is 363 g/mol. The predicted molar refractivity (Wildman–Crippen MR) is 104 cm³/mol. The van der Waals surface area contributed by atoms with Crippen molar-refractivity contribution in [3.63, 3.8) is 0 Å². The second-order valence-corrected chi connectivity index (χ2v) is 6.27. The van der Waals surface area contributed by atoms with E-state index in [1.165, 1.54) is 6.07 Å². The smallest absolute Gasteiger partial charge is 0.306 e. The number of esters is 1. The quantitative estimate of drug-likeness (QED) is 0.517. The summed E-state index contributed by atoms with van der Waals surface area (Å²) < 4.78 is 4.84. The molecule has 0 atom stereocenters. The Morgan fingerprint density at radius 2 is 1.74 bits per heavy atom. The van der Waals surface area contributed by atoms with E-state index < -0.39 is 5.97 Å². The molecule has 3 aromatic rings. The van der Waals surface area contributed by atoms with E-state index in [1.807, 2.05) is 43.3 Å². The number of hydrogen-bond donors (Lipinski definition) is 1. The minimum Gasteiger partial charge on any atom is -0.506 e. The molecule has 0 radical (unpaired) electrons. The molecule has 0 spiro atoms. The average Bonchev–Trinajstić information content (AvgIpc) is 2.67. The summed E-state index contributed by atoms with van der Waals surface area (Å²) in [6, 6.07) is 15.1. The number of Topliss-reactive ketones (excluding diaryl/α,β-unsaturated/α-hetero) is 1. The van der Waals surface area contributed by atoms with Crippen LogP contribution in [0.5, 0.6) is 5.75 Å². The molecule has 2 aromatic carbocycles. The van der Waals surface area contributed by atoms with Crippen LogP contribution in [0.2, 0.25) is 0 Å². The van der Waals surface area contributed by atoms with Crippen molar-refractivity contribution in [2.75, 3.05) is 6.61 Å². The Hall–Kier alpha value is -3.21. The summed E-state index contributed by atoms with van der Waals surface area (Å²) >= 11 is 0. The monoisotopic (exact) mass is 363 g/mol. The van der Waals surface area contributed by atoms with Crippen LogP contribution in [-0.4, -0.2) is 28.4 Å². The van der Waals surface area contributed by atoms with Crippen molar-refractivity contribution in [3.8, 4) is 17.0 Å². The Bertz CT molecular complexity index is 1010. The minimum atomic E-state index is -0.439. The van der Waals surface area contributed by atoms with Gasteiger partial charge in [0, 0.05) is 12.0 Å². The van der Waals surface area contributed by atoms with Crippen LogP contribution < -0.4 is 0 Å². The van der Waals surface area contributed by atoms with E-state index in [2.05, 4.69) is 4.98 Å². The van der Waals surface area contributed by atoms with Gasteiger partial charge in [0.25, 0.3) is 0 Å². The normalized spacial score (nSPS) is 10.7. The van der Waals surface area contributed by atoms with Crippen molar-refractivity contribution in [3.05, 3.63) is 59.8 Å². The van der Waals surface area contributed by atoms with Gasteiger partial charge in [-0.1, -0.05) is 36.4 Å². The maximum absolute atomic E-state index is 12.4. The first-order chi connectivity index (χ1) is 13.0. The molecular weight excluding hydrogens is 342 g/mol. The van der Waals surface area contributed by atoms with E-state index in [0.29, 0.717) is 5.69 Å². The molecule has 3 rings (SSSR count). The first-order valence-corrected chi connectivity index (χ1v) is 8.88. The van der Waals surface area contributed by atoms with Crippen LogP contribution >= 0.6 is 0 Å². The van der Waals surface area contributed by atoms with Gasteiger partial charge in [-0.2, -0.15) is 0 Å². The van der Waals surface area contributed by atoms with Crippen molar-refractivity contribution in [1.29, 1.82) is 0 Å². The number of nitrogens with zero attached hydrogens (tertiary/aromatic N) is 1. The highest BCUT2D eigenvalue weighted by Gasteiger charge is 2.17. The van der Waals surface area contributed by atoms with Crippen molar-refractivity contribution in [2.45, 2.75) is 26.7 Å². The van der Waals surface area contributed by atoms with Gasteiger partial charge in [0.15, 0.2) is 5.78 Å². The van der Waals surface area contributed by atoms with Crippen molar-refractivity contribution in [2.24, 2.45) is 0 Å². The Kier molecular flexibility index (Phi) is 5.50. The summed E-state index contributed by atoms with van der Waals surface area (Å²) in [5.74, 6) is -1.02. The molecule has 138 valence electrons. The fourth-order valence-electron chi connectivity index (χ4n) is 3.05. The minimum absolute atomic E-state index is 0.0264. The SMILES string of the molecule is CCOC(=O)CCC(=O)c1nc(-c2ccc(C)c3ccccc23)ccc1O. The molecule has 0 aliphatic carbocycles. The zero-order chi connectivity index (χ0) is 19.4. The molecule has 0 aliphatic heterocycles. The number of benzene rings is 2. The predicted octanol–water partition coefficient (Wildman–Crippen LogP) is 4.44. The topological polar surface area (TPSA) is 76.5 Å². The Balaban J connectivity index is 1.96. The molecule has 0 fully saturated rings. The summed E-state index contributed by atoms with van der Waals surface area (Å²) in [7, 11) is 0. The molecule has 0 saturated heterocycles. The number of carbonyl (C=O) groups excluding carboxylic acids is 2. The van der Waals surface area contributed by atoms with Crippen LogP contribution in [0.1, 0.15) is 35.8 Å². The number of aromatic nitrogens is 1. The highest BCUT2D eigenvalue weighted by atomic mass is 16.5. The van der Waals surface area contributed by atoms with E-state index in [-0.39, 0.29) is 36.7 Å². The second kappa shape index (κ2) is 7.99. The van der Waals surface area contributed by atoms with Gasteiger partial charge in [0.1, 0.15) is 11.4 Å². The number of ketones is 1. The largest absolute Gasteiger partial charge is 0.506 e. The van der Waals surface area contributed by atoms with Crippen molar-refractivity contribution >= 4 is 22.5 Å². The molecule has 5 heteroatoms. The first-order valence-electron chi connectivity index (χ1n) is 8.88. The van der Waals surface area contributed by atoms with Gasteiger partial charge in [-0.3, -0.25) is 9.59 Å². The van der Waals surface area contributed by atoms with Crippen molar-refractivity contribution < 1.29 is 19.4 Å². The van der Waals surface area contributed by atoms with Gasteiger partial charge in [0.05, 0.1) is 18.7 Å². The number of hydrogen-bond acceptors (Lipinski definition) is 5. The molecule has 0 amide bonds. The molecule has 5 nitrogen and oxygen atoms in total. The third kappa shape index (κ3) is 3.97. The highest BCUT2D eigenvalue weighted by molar-refractivity contribution is 6.01. The number of carbonyl (C=O) groups is 2. The number of rotatable bonds is 6. The molecule has 0 aliphatic rings. The third-order valence-electron chi connectivity index (χ3n) is 4.42. The van der Waals surface area contributed by atoms with Gasteiger partial charge >= 0.3 is 5.97 Å². The Morgan fingerprint density at radius 3 is 2.48 bits per heavy atom. The lowest BCUT2D eigenvalue weighted by atomic mass is 9.98. The van der Waals surface area contributed by atoms with Gasteiger partial charge in [-0.15, -0.1) is 0 Å². The van der Waals surface area contributed by atoms with Crippen LogP contribution in [0.15, 0.2) is 48.5 Å². The van der Waals surface area contributed by atoms with Crippen LogP contribution in [0.4, 0.5) is 0 Å². The lowest BCUT2D eigenvalue weighted by molar-refractivity contribution is -0.143. The van der Waals surface area contributed by atoms with Crippen LogP contribution in [0.25, 0.3) is 22.0 Å². The van der Waals surface area contributed by atoms with Crippen LogP contribution in [0, 0.1) is 6.92 Å². The first kappa shape index (κ1) is 18.6. The molecule has 0 bridgehead atoms.